The molecule has 9 aromatic rings. The summed E-state index contributed by atoms with van der Waals surface area (Å²) in [6.07, 6.45) is 22.9. The summed E-state index contributed by atoms with van der Waals surface area (Å²) in [4.78, 5) is 25.3. The molecular weight excluding hydrogens is 1540 g/mol. The van der Waals surface area contributed by atoms with Crippen molar-refractivity contribution in [3.8, 4) is 40.1 Å². The third kappa shape index (κ3) is 19.0. The fraction of sp³-hybridized carbons (Fsp3) is 0.316. The number of rotatable bonds is 16. The van der Waals surface area contributed by atoms with Crippen LogP contribution in [0.3, 0.4) is 0 Å². The summed E-state index contributed by atoms with van der Waals surface area (Å²) in [6.45, 7) is 16.8. The van der Waals surface area contributed by atoms with Crippen molar-refractivity contribution in [1.29, 1.82) is 0 Å². The number of aromatic nitrogens is 6. The number of hydrogen-bond donors (Lipinski definition) is 0. The minimum Gasteiger partial charge on any atom is -0.495 e. The average Bonchev–Trinajstić information content (AvgIpc) is 1.52. The largest absolute Gasteiger partial charge is 0.495 e. The van der Waals surface area contributed by atoms with Crippen molar-refractivity contribution in [1.82, 2.24) is 43.7 Å². The molecule has 9 heterocycles. The van der Waals surface area contributed by atoms with Crippen LogP contribution >= 0.6 is 20.7 Å². The number of aryl methyl sites for hydroxylation is 3. The van der Waals surface area contributed by atoms with E-state index >= 15 is 8.78 Å². The maximum atomic E-state index is 15.1. The van der Waals surface area contributed by atoms with Gasteiger partial charge in [0.25, 0.3) is 0 Å². The van der Waals surface area contributed by atoms with Crippen molar-refractivity contribution in [3.05, 3.63) is 215 Å². The molecule has 0 bridgehead atoms. The van der Waals surface area contributed by atoms with E-state index in [2.05, 4.69) is 47.4 Å². The van der Waals surface area contributed by atoms with Crippen molar-refractivity contribution in [2.45, 2.75) is 90.3 Å². The zero-order valence-electron chi connectivity index (χ0n) is 63.7. The smallest absolute Gasteiger partial charge is 0.435 e. The van der Waals surface area contributed by atoms with Gasteiger partial charge in [0.2, 0.25) is 0 Å². The van der Waals surface area contributed by atoms with Gasteiger partial charge in [0.1, 0.15) is 57.0 Å². The Hall–Kier alpha value is -10.7. The van der Waals surface area contributed by atoms with Crippen LogP contribution in [0.1, 0.15) is 78.7 Å². The van der Waals surface area contributed by atoms with Crippen molar-refractivity contribution >= 4 is 86.8 Å². The van der Waals surface area contributed by atoms with Gasteiger partial charge in [-0.1, -0.05) is 76.7 Å². The van der Waals surface area contributed by atoms with Crippen LogP contribution in [0.2, 0.25) is 19.6 Å². The molecule has 0 saturated carbocycles. The molecule has 113 heavy (non-hydrogen) atoms. The number of amidine groups is 3. The number of hydrazine groups is 3. The van der Waals surface area contributed by atoms with Gasteiger partial charge in [-0.15, -0.1) is 0 Å². The Labute approximate surface area is 648 Å². The standard InChI is InChI=1S/C28H33F2N5OSi.C26H28F5N5O2S.C25H26F5N5OS/c1-19-17-33(18-32-19)25-9-8-20(14-26(25)36-2)13-21-7-6-11-35-28(21)31-10-12-34(35)22-15-23(29)27(24(30)16-22)37(3,4)5;1-19-17-34(18-33-19)24-11-6-20(16-25(24)37-2)15-21-5-3-13-36-26(21)32-12-4-14-35(36)22-7-9-23(10-8-22)38-39(27,28,29,30)31;1-18-16-33(17-32-18)23-10-5-19(15-24(23)36-2)14-20-4-3-12-35-25(20)31-11-13-34(35)21-6-8-22(9-7-21)37(26,27,28,29)30/h8-9,13-18H,6-7,10-12H2,1-5H3;6-11,15-18H,3-5,12-14H2,1-2H3;5-10,14-17H,3-4,11-13H2,1-2H3/b21-13+;21-15+;20-14+. The van der Waals surface area contributed by atoms with Gasteiger partial charge in [0.15, 0.2) is 0 Å². The minimum atomic E-state index is -10.0. The van der Waals surface area contributed by atoms with Gasteiger partial charge in [-0.25, -0.2) is 23.7 Å². The second kappa shape index (κ2) is 30.0. The van der Waals surface area contributed by atoms with Crippen molar-refractivity contribution in [2.75, 3.05) is 95.3 Å². The summed E-state index contributed by atoms with van der Waals surface area (Å²) in [5, 5.41) is 11.9. The molecule has 3 fully saturated rings. The third-order valence-electron chi connectivity index (χ3n) is 19.5. The number of ether oxygens (including phenoxy) is 3. The Bertz CT molecular complexity index is 5240. The van der Waals surface area contributed by atoms with Crippen molar-refractivity contribution in [3.63, 3.8) is 0 Å². The highest BCUT2D eigenvalue weighted by Gasteiger charge is 2.67. The van der Waals surface area contributed by atoms with Gasteiger partial charge in [-0.2, -0.15) is 0 Å². The molecule has 0 atom stereocenters. The molecule has 602 valence electrons. The molecule has 0 unspecified atom stereocenters. The van der Waals surface area contributed by atoms with Gasteiger partial charge in [0, 0.05) is 56.5 Å². The predicted octanol–water partition coefficient (Wildman–Crippen LogP) is 20.0. The van der Waals surface area contributed by atoms with E-state index in [0.29, 0.717) is 99.5 Å². The van der Waals surface area contributed by atoms with E-state index in [4.69, 9.17) is 24.2 Å². The Morgan fingerprint density at radius 1 is 0.398 bits per heavy atom. The summed E-state index contributed by atoms with van der Waals surface area (Å²) in [5.74, 6) is 2.62. The third-order valence-corrected chi connectivity index (χ3v) is 23.1. The minimum absolute atomic E-state index is 0.254. The first kappa shape index (κ1) is 80.3. The van der Waals surface area contributed by atoms with E-state index < -0.39 is 51.1 Å². The number of fused-ring (bicyclic) bond motifs is 3. The van der Waals surface area contributed by atoms with Gasteiger partial charge in [-0.3, -0.25) is 45.0 Å². The van der Waals surface area contributed by atoms with E-state index in [9.17, 15) is 38.9 Å². The normalized spacial score (nSPS) is 18.5. The molecular formula is C79H87F12N15O4S2Si. The van der Waals surface area contributed by atoms with Crippen LogP contribution < -0.4 is 38.6 Å². The highest BCUT2D eigenvalue weighted by Crippen LogP contribution is 3.02. The Balaban J connectivity index is 0.000000148. The van der Waals surface area contributed by atoms with Gasteiger partial charge in [0.05, 0.1) is 126 Å². The fourth-order valence-corrected chi connectivity index (χ4v) is 17.3. The zero-order chi connectivity index (χ0) is 80.7. The number of piperidine rings is 3. The average molecular weight is 1630 g/mol. The molecule has 3 saturated heterocycles. The number of anilines is 3. The molecule has 0 radical (unpaired) electrons. The predicted molar refractivity (Wildman–Crippen MR) is 427 cm³/mol. The van der Waals surface area contributed by atoms with Gasteiger partial charge in [-0.05, 0) is 214 Å². The van der Waals surface area contributed by atoms with Crippen LogP contribution in [0.15, 0.2) is 189 Å². The Morgan fingerprint density at radius 3 is 1.08 bits per heavy atom. The highest BCUT2D eigenvalue weighted by molar-refractivity contribution is 8.45. The van der Waals surface area contributed by atoms with E-state index in [1.165, 1.54) is 24.3 Å². The summed E-state index contributed by atoms with van der Waals surface area (Å²) >= 11 is 0. The first-order valence-electron chi connectivity index (χ1n) is 36.6. The second-order valence-corrected chi connectivity index (χ2v) is 38.4. The molecule has 15 rings (SSSR count). The van der Waals surface area contributed by atoms with Crippen LogP contribution in [-0.4, -0.2) is 149 Å². The topological polar surface area (TPSA) is 147 Å². The van der Waals surface area contributed by atoms with Crippen molar-refractivity contribution in [2.24, 2.45) is 15.0 Å². The molecule has 6 aliphatic heterocycles. The lowest BCUT2D eigenvalue weighted by Crippen LogP contribution is -2.54. The summed E-state index contributed by atoms with van der Waals surface area (Å²) < 4.78 is 185. The maximum Gasteiger partial charge on any atom is 0.435 e. The lowest BCUT2D eigenvalue weighted by molar-refractivity contribution is 0.243. The number of nitrogens with zero attached hydrogens (tertiary/aromatic N) is 15. The number of imidazole rings is 3. The van der Waals surface area contributed by atoms with Crippen LogP contribution in [-0.2, 0) is 0 Å². The number of aliphatic imine (C=N–C) groups is 3. The van der Waals surface area contributed by atoms with Gasteiger partial charge >= 0.3 is 20.7 Å². The quantitative estimate of drug-likeness (QED) is 0.0668. The van der Waals surface area contributed by atoms with Crippen LogP contribution in [0.4, 0.5) is 64.7 Å². The molecule has 0 spiro atoms. The summed E-state index contributed by atoms with van der Waals surface area (Å²) in [5.41, 5.74) is 12.8. The number of halogens is 12. The summed E-state index contributed by atoms with van der Waals surface area (Å²) in [7, 11) is -17.0. The van der Waals surface area contributed by atoms with Crippen LogP contribution in [0.5, 0.6) is 23.0 Å². The lowest BCUT2D eigenvalue weighted by atomic mass is 10.00. The molecule has 3 aromatic heterocycles. The molecule has 19 nitrogen and oxygen atoms in total. The lowest BCUT2D eigenvalue weighted by Gasteiger charge is -2.45. The zero-order valence-corrected chi connectivity index (χ0v) is 66.3. The first-order chi connectivity index (χ1) is 53.2. The number of hydrogen-bond acceptors (Lipinski definition) is 16. The van der Waals surface area contributed by atoms with E-state index in [1.54, 1.807) is 45.3 Å². The second-order valence-electron chi connectivity index (χ2n) is 29.1. The van der Waals surface area contributed by atoms with E-state index in [-0.39, 0.29) is 5.19 Å². The highest BCUT2D eigenvalue weighted by atomic mass is 32.5. The van der Waals surface area contributed by atoms with Crippen LogP contribution in [0, 0.1) is 32.4 Å². The molecule has 6 aromatic carbocycles. The molecule has 0 amide bonds. The fourth-order valence-electron chi connectivity index (χ4n) is 14.6. The molecule has 0 aliphatic carbocycles. The van der Waals surface area contributed by atoms with E-state index in [0.717, 1.165) is 160 Å². The first-order valence-corrected chi connectivity index (χ1v) is 44.0. The number of benzene rings is 6. The molecule has 0 N–H and O–H groups in total. The summed E-state index contributed by atoms with van der Waals surface area (Å²) in [6, 6.07) is 28.4. The molecule has 6 aliphatic rings. The monoisotopic (exact) mass is 1630 g/mol. The van der Waals surface area contributed by atoms with Crippen molar-refractivity contribution < 1.29 is 66.0 Å². The number of methoxy groups -OCH3 is 3. The van der Waals surface area contributed by atoms with E-state index in [1.807, 2.05) is 147 Å². The molecule has 34 heteroatoms. The van der Waals surface area contributed by atoms with Gasteiger partial charge < -0.3 is 32.1 Å². The maximum absolute atomic E-state index is 15.1. The Kier molecular flexibility index (Phi) is 21.3. The van der Waals surface area contributed by atoms with Crippen LogP contribution in [0.25, 0.3) is 35.3 Å². The SMILES string of the molecule is COc1cc(/C=C2\CCCN3C2=NCCCN3c2ccc(OS(F)(F)(F)(F)F)cc2)ccc1-n1cnc(C)c1.COc1cc(/C=C2\CCCN3C2=NCCN3c2cc(F)c([Si](C)(C)C)c(F)c2)ccc1-n1cnc(C)c1.COc1cc(/C=C2\CCCN3C2=NCCN3c2ccc(S(F)(F)(F)(F)F)cc2)ccc1-n1cnc(C)c1. The Morgan fingerprint density at radius 2 is 0.743 bits per heavy atom.